The third-order valence-electron chi connectivity index (χ3n) is 6.92. The summed E-state index contributed by atoms with van der Waals surface area (Å²) in [6.45, 7) is 6.27. The van der Waals surface area contributed by atoms with Crippen LogP contribution in [-0.4, -0.2) is 33.0 Å². The summed E-state index contributed by atoms with van der Waals surface area (Å²) in [5, 5.41) is 3.55. The topological polar surface area (TPSA) is 77.1 Å². The molecular weight excluding hydrogens is 456 g/mol. The number of ether oxygens (including phenoxy) is 3. The molecule has 0 fully saturated rings. The lowest BCUT2D eigenvalue weighted by atomic mass is 9.73. The Kier molecular flexibility index (Phi) is 7.29. The van der Waals surface area contributed by atoms with E-state index in [0.717, 1.165) is 35.5 Å². The number of para-hydroxylation sites is 2. The Bertz CT molecular complexity index is 1170. The van der Waals surface area contributed by atoms with E-state index in [4.69, 9.17) is 14.2 Å². The fourth-order valence-corrected chi connectivity index (χ4v) is 5.29. The summed E-state index contributed by atoms with van der Waals surface area (Å²) in [6.07, 6.45) is 3.14. The lowest BCUT2D eigenvalue weighted by Crippen LogP contribution is -2.39. The molecule has 36 heavy (non-hydrogen) atoms. The first-order valence-corrected chi connectivity index (χ1v) is 12.5. The van der Waals surface area contributed by atoms with E-state index in [-0.39, 0.29) is 17.1 Å². The number of carbonyl (C=O) groups is 2. The summed E-state index contributed by atoms with van der Waals surface area (Å²) in [6, 6.07) is 10.8. The molecule has 1 heterocycles. The number of carbonyl (C=O) groups excluding carboxylic acids is 2. The number of hydrogen-bond acceptors (Lipinski definition) is 6. The Balaban J connectivity index is 2.03. The first-order valence-electron chi connectivity index (χ1n) is 12.5. The van der Waals surface area contributed by atoms with Gasteiger partial charge in [-0.3, -0.25) is 14.5 Å². The number of benzene rings is 2. The quantitative estimate of drug-likeness (QED) is 0.507. The molecule has 1 atom stereocenters. The molecule has 1 aliphatic carbocycles. The lowest BCUT2D eigenvalue weighted by Gasteiger charge is -2.37. The molecule has 0 bridgehead atoms. The van der Waals surface area contributed by atoms with Crippen molar-refractivity contribution in [1.29, 1.82) is 0 Å². The van der Waals surface area contributed by atoms with Gasteiger partial charge in [-0.15, -0.1) is 0 Å². The number of amides is 1. The van der Waals surface area contributed by atoms with Crippen LogP contribution in [0, 0.1) is 5.41 Å². The first kappa shape index (κ1) is 25.6. The van der Waals surface area contributed by atoms with Gasteiger partial charge in [-0.25, -0.2) is 0 Å². The Morgan fingerprint density at radius 2 is 1.72 bits per heavy atom. The molecule has 1 amide bonds. The SMILES string of the molecule is CCCCC(=O)N1c2ccccc2NC2=C(C(=O)CC(C)(C)C2)C1c1cc(OC)c(OC)c(OC)c1. The smallest absolute Gasteiger partial charge is 0.227 e. The van der Waals surface area contributed by atoms with Crippen molar-refractivity contribution in [3.8, 4) is 17.2 Å². The summed E-state index contributed by atoms with van der Waals surface area (Å²) in [7, 11) is 4.68. The van der Waals surface area contributed by atoms with Gasteiger partial charge in [0, 0.05) is 24.1 Å². The molecule has 0 aromatic heterocycles. The van der Waals surface area contributed by atoms with Gasteiger partial charge in [0.05, 0.1) is 38.7 Å². The number of methoxy groups -OCH3 is 3. The van der Waals surface area contributed by atoms with Crippen LogP contribution in [-0.2, 0) is 9.59 Å². The molecule has 0 radical (unpaired) electrons. The van der Waals surface area contributed by atoms with E-state index in [2.05, 4.69) is 26.1 Å². The molecule has 1 aliphatic heterocycles. The monoisotopic (exact) mass is 492 g/mol. The third-order valence-corrected chi connectivity index (χ3v) is 6.92. The molecule has 0 saturated carbocycles. The molecule has 1 unspecified atom stereocenters. The van der Waals surface area contributed by atoms with E-state index in [1.807, 2.05) is 36.4 Å². The molecule has 0 spiro atoms. The van der Waals surface area contributed by atoms with Crippen molar-refractivity contribution in [3.63, 3.8) is 0 Å². The summed E-state index contributed by atoms with van der Waals surface area (Å²) in [5.74, 6) is 1.42. The third kappa shape index (κ3) is 4.66. The number of hydrogen-bond donors (Lipinski definition) is 1. The van der Waals surface area contributed by atoms with Gasteiger partial charge in [-0.2, -0.15) is 0 Å². The normalized spacial score (nSPS) is 18.6. The highest BCUT2D eigenvalue weighted by Gasteiger charge is 2.43. The highest BCUT2D eigenvalue weighted by molar-refractivity contribution is 6.06. The van der Waals surface area contributed by atoms with Crippen LogP contribution in [0.5, 0.6) is 17.2 Å². The number of rotatable bonds is 7. The van der Waals surface area contributed by atoms with Crippen molar-refractivity contribution in [1.82, 2.24) is 0 Å². The molecule has 7 nitrogen and oxygen atoms in total. The molecule has 2 aromatic rings. The summed E-state index contributed by atoms with van der Waals surface area (Å²) in [5.41, 5.74) is 3.57. The van der Waals surface area contributed by atoms with Crippen molar-refractivity contribution < 1.29 is 23.8 Å². The van der Waals surface area contributed by atoms with E-state index >= 15 is 0 Å². The molecular formula is C29H36N2O5. The van der Waals surface area contributed by atoms with Crippen LogP contribution < -0.4 is 24.4 Å². The fraction of sp³-hybridized carbons (Fsp3) is 0.448. The van der Waals surface area contributed by atoms with E-state index in [9.17, 15) is 9.59 Å². The maximum Gasteiger partial charge on any atom is 0.227 e. The summed E-state index contributed by atoms with van der Waals surface area (Å²) >= 11 is 0. The minimum Gasteiger partial charge on any atom is -0.493 e. The molecule has 192 valence electrons. The number of unbranched alkanes of at least 4 members (excludes halogenated alkanes) is 1. The molecule has 4 rings (SSSR count). The Labute approximate surface area is 213 Å². The molecule has 7 heteroatoms. The van der Waals surface area contributed by atoms with E-state index in [1.165, 1.54) is 0 Å². The number of nitrogens with zero attached hydrogens (tertiary/aromatic N) is 1. The van der Waals surface area contributed by atoms with Gasteiger partial charge in [0.1, 0.15) is 0 Å². The second kappa shape index (κ2) is 10.2. The zero-order valence-corrected chi connectivity index (χ0v) is 22.1. The minimum absolute atomic E-state index is 0.0313. The van der Waals surface area contributed by atoms with Crippen molar-refractivity contribution in [3.05, 3.63) is 53.2 Å². The average molecular weight is 493 g/mol. The first-order chi connectivity index (χ1) is 17.2. The minimum atomic E-state index is -0.641. The molecule has 2 aromatic carbocycles. The van der Waals surface area contributed by atoms with Crippen LogP contribution in [0.4, 0.5) is 11.4 Å². The lowest BCUT2D eigenvalue weighted by molar-refractivity contribution is -0.119. The molecule has 2 aliphatic rings. The maximum absolute atomic E-state index is 13.9. The van der Waals surface area contributed by atoms with Crippen molar-refractivity contribution in [2.75, 3.05) is 31.5 Å². The van der Waals surface area contributed by atoms with Crippen LogP contribution in [0.15, 0.2) is 47.7 Å². The number of fused-ring (bicyclic) bond motifs is 1. The zero-order chi connectivity index (χ0) is 26.0. The average Bonchev–Trinajstić information content (AvgIpc) is 2.99. The van der Waals surface area contributed by atoms with Gasteiger partial charge in [0.25, 0.3) is 0 Å². The van der Waals surface area contributed by atoms with Crippen LogP contribution in [0.25, 0.3) is 0 Å². The Hall–Kier alpha value is -3.48. The summed E-state index contributed by atoms with van der Waals surface area (Å²) < 4.78 is 16.8. The fourth-order valence-electron chi connectivity index (χ4n) is 5.29. The van der Waals surface area contributed by atoms with E-state index in [1.54, 1.807) is 26.2 Å². The highest BCUT2D eigenvalue weighted by Crippen LogP contribution is 2.50. The van der Waals surface area contributed by atoms with Gasteiger partial charge < -0.3 is 19.5 Å². The van der Waals surface area contributed by atoms with Gasteiger partial charge in [-0.05, 0) is 48.1 Å². The van der Waals surface area contributed by atoms with Crippen LogP contribution >= 0.6 is 0 Å². The van der Waals surface area contributed by atoms with E-state index in [0.29, 0.717) is 42.1 Å². The standard InChI is InChI=1S/C29H36N2O5/c1-7-8-13-25(33)31-21-12-10-9-11-19(21)30-20-16-29(2,3)17-22(32)26(20)27(31)18-14-23(34-4)28(36-6)24(15-18)35-5/h9-12,14-15,27,30H,7-8,13,16-17H2,1-6H3. The van der Waals surface area contributed by atoms with Crippen molar-refractivity contribution in [2.45, 2.75) is 58.9 Å². The van der Waals surface area contributed by atoms with Crippen LogP contribution in [0.2, 0.25) is 0 Å². The van der Waals surface area contributed by atoms with Gasteiger partial charge in [0.2, 0.25) is 11.7 Å². The highest BCUT2D eigenvalue weighted by atomic mass is 16.5. The second-order valence-electron chi connectivity index (χ2n) is 10.2. The number of nitrogens with one attached hydrogen (secondary N) is 1. The number of Topliss-reactive ketones (excluding diaryl/α,β-unsaturated/α-hetero) is 1. The largest absolute Gasteiger partial charge is 0.493 e. The predicted octanol–water partition coefficient (Wildman–Crippen LogP) is 6.05. The van der Waals surface area contributed by atoms with Gasteiger partial charge >= 0.3 is 0 Å². The van der Waals surface area contributed by atoms with Crippen molar-refractivity contribution >= 4 is 23.1 Å². The Morgan fingerprint density at radius 3 is 2.33 bits per heavy atom. The predicted molar refractivity (Wildman–Crippen MR) is 141 cm³/mol. The number of allylic oxidation sites excluding steroid dienone is 1. The zero-order valence-electron chi connectivity index (χ0n) is 22.1. The molecule has 0 saturated heterocycles. The number of anilines is 2. The summed E-state index contributed by atoms with van der Waals surface area (Å²) in [4.78, 5) is 29.5. The van der Waals surface area contributed by atoms with Crippen LogP contribution in [0.1, 0.15) is 64.5 Å². The molecule has 1 N–H and O–H groups in total. The maximum atomic E-state index is 13.9. The number of ketones is 1. The van der Waals surface area contributed by atoms with Gasteiger partial charge in [0.15, 0.2) is 17.3 Å². The van der Waals surface area contributed by atoms with Gasteiger partial charge in [-0.1, -0.05) is 39.3 Å². The van der Waals surface area contributed by atoms with E-state index < -0.39 is 6.04 Å². The second-order valence-corrected chi connectivity index (χ2v) is 10.2. The van der Waals surface area contributed by atoms with Crippen LogP contribution in [0.3, 0.4) is 0 Å². The Morgan fingerprint density at radius 1 is 1.06 bits per heavy atom. The van der Waals surface area contributed by atoms with Crippen molar-refractivity contribution in [2.24, 2.45) is 5.41 Å².